The molecule has 3 rings (SSSR count). The van der Waals surface area contributed by atoms with E-state index in [0.717, 1.165) is 16.8 Å². The second-order valence-electron chi connectivity index (χ2n) is 4.57. The maximum atomic E-state index is 12.1. The van der Waals surface area contributed by atoms with Crippen LogP contribution in [0.1, 0.15) is 16.2 Å². The maximum Gasteiger partial charge on any atom is 0.185 e. The first-order valence-corrected chi connectivity index (χ1v) is 6.57. The van der Waals surface area contributed by atoms with E-state index in [1.807, 2.05) is 24.3 Å². The molecular weight excluding hydrogens is 264 g/mol. The summed E-state index contributed by atoms with van der Waals surface area (Å²) in [7, 11) is 1.60. The lowest BCUT2D eigenvalue weighted by atomic mass is 10.1. The minimum absolute atomic E-state index is 0.0712. The number of methoxy groups -OCH3 is 1. The predicted molar refractivity (Wildman–Crippen MR) is 82.5 cm³/mol. The number of benzene rings is 2. The minimum Gasteiger partial charge on any atom is -0.497 e. The fourth-order valence-corrected chi connectivity index (χ4v) is 2.06. The van der Waals surface area contributed by atoms with Crippen molar-refractivity contribution in [3.63, 3.8) is 0 Å². The molecule has 2 aromatic carbocycles. The third-order valence-corrected chi connectivity index (χ3v) is 3.17. The lowest BCUT2D eigenvalue weighted by Crippen LogP contribution is -1.94. The van der Waals surface area contributed by atoms with Crippen molar-refractivity contribution in [3.05, 3.63) is 66.0 Å². The van der Waals surface area contributed by atoms with Gasteiger partial charge in [-0.05, 0) is 48.6 Å². The summed E-state index contributed by atoms with van der Waals surface area (Å²) < 4.78 is 5.07. The smallest absolute Gasteiger partial charge is 0.185 e. The molecule has 0 spiro atoms. The Bertz CT molecular complexity index is 768. The first-order chi connectivity index (χ1) is 10.3. The highest BCUT2D eigenvalue weighted by atomic mass is 16.5. The minimum atomic E-state index is -0.0712. The summed E-state index contributed by atoms with van der Waals surface area (Å²) >= 11 is 0. The highest BCUT2D eigenvalue weighted by Gasteiger charge is 2.03. The molecule has 0 fully saturated rings. The number of rotatable bonds is 4. The second kappa shape index (κ2) is 5.63. The molecule has 1 heterocycles. The monoisotopic (exact) mass is 278 g/mol. The number of nitrogens with one attached hydrogen (secondary N) is 1. The van der Waals surface area contributed by atoms with E-state index < -0.39 is 0 Å². The van der Waals surface area contributed by atoms with Crippen molar-refractivity contribution in [2.24, 2.45) is 0 Å². The highest BCUT2D eigenvalue weighted by molar-refractivity contribution is 6.06. The van der Waals surface area contributed by atoms with Gasteiger partial charge >= 0.3 is 0 Å². The van der Waals surface area contributed by atoms with Gasteiger partial charge in [0.05, 0.1) is 18.1 Å². The van der Waals surface area contributed by atoms with E-state index in [0.29, 0.717) is 11.4 Å². The number of imidazole rings is 1. The van der Waals surface area contributed by atoms with Gasteiger partial charge in [0.15, 0.2) is 5.78 Å². The molecule has 4 heteroatoms. The number of ketones is 1. The van der Waals surface area contributed by atoms with Crippen LogP contribution in [0.15, 0.2) is 54.6 Å². The average Bonchev–Trinajstić information content (AvgIpc) is 2.95. The molecule has 0 aliphatic rings. The summed E-state index contributed by atoms with van der Waals surface area (Å²) in [5.74, 6) is 1.32. The van der Waals surface area contributed by atoms with Gasteiger partial charge in [0.1, 0.15) is 11.6 Å². The number of aromatic nitrogens is 2. The molecule has 104 valence electrons. The lowest BCUT2D eigenvalue weighted by molar-refractivity contribution is 0.104. The number of aromatic amines is 1. The van der Waals surface area contributed by atoms with Gasteiger partial charge < -0.3 is 9.72 Å². The third-order valence-electron chi connectivity index (χ3n) is 3.17. The van der Waals surface area contributed by atoms with Crippen molar-refractivity contribution < 1.29 is 9.53 Å². The van der Waals surface area contributed by atoms with Gasteiger partial charge in [-0.25, -0.2) is 4.98 Å². The molecule has 0 amide bonds. The molecule has 1 aromatic heterocycles. The van der Waals surface area contributed by atoms with Crippen LogP contribution in [0.25, 0.3) is 17.1 Å². The molecule has 1 N–H and O–H groups in total. The summed E-state index contributed by atoms with van der Waals surface area (Å²) in [5, 5.41) is 0. The van der Waals surface area contributed by atoms with Gasteiger partial charge in [-0.2, -0.15) is 0 Å². The zero-order valence-corrected chi connectivity index (χ0v) is 11.5. The number of para-hydroxylation sites is 2. The van der Waals surface area contributed by atoms with Crippen LogP contribution in [0.4, 0.5) is 0 Å². The largest absolute Gasteiger partial charge is 0.497 e. The highest BCUT2D eigenvalue weighted by Crippen LogP contribution is 2.14. The first kappa shape index (κ1) is 13.1. The van der Waals surface area contributed by atoms with Crippen molar-refractivity contribution in [2.45, 2.75) is 0 Å². The van der Waals surface area contributed by atoms with Gasteiger partial charge in [-0.1, -0.05) is 12.1 Å². The van der Waals surface area contributed by atoms with E-state index in [4.69, 9.17) is 4.74 Å². The topological polar surface area (TPSA) is 55.0 Å². The normalized spacial score (nSPS) is 11.1. The summed E-state index contributed by atoms with van der Waals surface area (Å²) in [6.07, 6.45) is 3.20. The molecule has 0 aliphatic carbocycles. The van der Waals surface area contributed by atoms with E-state index in [1.54, 1.807) is 37.5 Å². The van der Waals surface area contributed by atoms with Gasteiger partial charge in [-0.15, -0.1) is 0 Å². The molecular formula is C17H14N2O2. The van der Waals surface area contributed by atoms with Gasteiger partial charge in [-0.3, -0.25) is 4.79 Å². The van der Waals surface area contributed by atoms with Crippen LogP contribution in [0.5, 0.6) is 5.75 Å². The number of carbonyl (C=O) groups excluding carboxylic acids is 1. The molecule has 0 bridgehead atoms. The predicted octanol–water partition coefficient (Wildman–Crippen LogP) is 3.47. The Kier molecular flexibility index (Phi) is 3.51. The number of allylic oxidation sites excluding steroid dienone is 1. The van der Waals surface area contributed by atoms with Gasteiger partial charge in [0.25, 0.3) is 0 Å². The Morgan fingerprint density at radius 1 is 1.14 bits per heavy atom. The number of hydrogen-bond donors (Lipinski definition) is 1. The molecule has 0 saturated carbocycles. The molecule has 0 saturated heterocycles. The molecule has 0 radical (unpaired) electrons. The van der Waals surface area contributed by atoms with E-state index in [2.05, 4.69) is 9.97 Å². The zero-order valence-electron chi connectivity index (χ0n) is 11.5. The Morgan fingerprint density at radius 2 is 1.90 bits per heavy atom. The second-order valence-corrected chi connectivity index (χ2v) is 4.57. The average molecular weight is 278 g/mol. The molecule has 0 aliphatic heterocycles. The molecule has 4 nitrogen and oxygen atoms in total. The van der Waals surface area contributed by atoms with Crippen LogP contribution in [-0.2, 0) is 0 Å². The van der Waals surface area contributed by atoms with Crippen LogP contribution in [0.2, 0.25) is 0 Å². The number of nitrogens with zero attached hydrogens (tertiary/aromatic N) is 1. The van der Waals surface area contributed by atoms with E-state index in [9.17, 15) is 4.79 Å². The van der Waals surface area contributed by atoms with Crippen molar-refractivity contribution >= 4 is 22.9 Å². The summed E-state index contributed by atoms with van der Waals surface area (Å²) in [6, 6.07) is 14.8. The quantitative estimate of drug-likeness (QED) is 0.587. The first-order valence-electron chi connectivity index (χ1n) is 6.57. The van der Waals surface area contributed by atoms with Crippen molar-refractivity contribution in [1.82, 2.24) is 9.97 Å². The maximum absolute atomic E-state index is 12.1. The van der Waals surface area contributed by atoms with Crippen LogP contribution < -0.4 is 4.74 Å². The van der Waals surface area contributed by atoms with Gasteiger partial charge in [0.2, 0.25) is 0 Å². The number of ether oxygens (including phenoxy) is 1. The molecule has 21 heavy (non-hydrogen) atoms. The Morgan fingerprint density at radius 3 is 2.62 bits per heavy atom. The zero-order chi connectivity index (χ0) is 14.7. The summed E-state index contributed by atoms with van der Waals surface area (Å²) in [6.45, 7) is 0. The van der Waals surface area contributed by atoms with Crippen molar-refractivity contribution in [2.75, 3.05) is 7.11 Å². The number of hydrogen-bond acceptors (Lipinski definition) is 3. The van der Waals surface area contributed by atoms with Crippen LogP contribution in [0.3, 0.4) is 0 Å². The van der Waals surface area contributed by atoms with E-state index in [1.165, 1.54) is 6.08 Å². The number of carbonyl (C=O) groups is 1. The van der Waals surface area contributed by atoms with Gasteiger partial charge in [0, 0.05) is 5.56 Å². The number of H-pyrrole nitrogens is 1. The Labute approximate surface area is 122 Å². The van der Waals surface area contributed by atoms with Crippen LogP contribution in [-0.4, -0.2) is 22.9 Å². The van der Waals surface area contributed by atoms with Crippen LogP contribution >= 0.6 is 0 Å². The standard InChI is InChI=1S/C17H14N2O2/c1-21-13-8-6-12(7-9-13)16(20)10-11-17-18-14-4-2-3-5-15(14)19-17/h2-11H,1H3,(H,18,19)/b11-10-. The third kappa shape index (κ3) is 2.84. The fourth-order valence-electron chi connectivity index (χ4n) is 2.06. The summed E-state index contributed by atoms with van der Waals surface area (Å²) in [5.41, 5.74) is 2.45. The Balaban J connectivity index is 1.79. The van der Waals surface area contributed by atoms with E-state index >= 15 is 0 Å². The molecule has 3 aromatic rings. The van der Waals surface area contributed by atoms with Crippen molar-refractivity contribution in [3.8, 4) is 5.75 Å². The SMILES string of the molecule is COc1ccc(C(=O)/C=C\c2nc3ccccc3[nH]2)cc1. The van der Waals surface area contributed by atoms with Crippen LogP contribution in [0, 0.1) is 0 Å². The summed E-state index contributed by atoms with van der Waals surface area (Å²) in [4.78, 5) is 19.6. The lowest BCUT2D eigenvalue weighted by Gasteiger charge is -1.99. The molecule has 0 atom stereocenters. The fraction of sp³-hybridized carbons (Fsp3) is 0.0588. The Hall–Kier alpha value is -2.88. The van der Waals surface area contributed by atoms with E-state index in [-0.39, 0.29) is 5.78 Å². The number of fused-ring (bicyclic) bond motifs is 1. The van der Waals surface area contributed by atoms with Crippen molar-refractivity contribution in [1.29, 1.82) is 0 Å². The molecule has 0 unspecified atom stereocenters.